The van der Waals surface area contributed by atoms with Gasteiger partial charge in [0, 0.05) is 62.1 Å². The largest absolute Gasteiger partial charge is 0.427 e. The summed E-state index contributed by atoms with van der Waals surface area (Å²) >= 11 is 0. The van der Waals surface area contributed by atoms with Gasteiger partial charge >= 0.3 is 5.97 Å². The minimum absolute atomic E-state index is 0.0582. The summed E-state index contributed by atoms with van der Waals surface area (Å²) in [7, 11) is 0. The van der Waals surface area contributed by atoms with Crippen LogP contribution in [0.2, 0.25) is 0 Å². The zero-order valence-corrected chi connectivity index (χ0v) is 20.4. The van der Waals surface area contributed by atoms with E-state index >= 15 is 0 Å². The fourth-order valence-corrected chi connectivity index (χ4v) is 4.61. The van der Waals surface area contributed by atoms with E-state index < -0.39 is 0 Å². The zero-order valence-electron chi connectivity index (χ0n) is 20.4. The van der Waals surface area contributed by atoms with Gasteiger partial charge in [-0.15, -0.1) is 0 Å². The topological polar surface area (TPSA) is 53.1 Å². The van der Waals surface area contributed by atoms with Crippen LogP contribution in [0.3, 0.4) is 0 Å². The first kappa shape index (κ1) is 24.8. The third-order valence-corrected chi connectivity index (χ3v) is 6.26. The van der Waals surface area contributed by atoms with Gasteiger partial charge in [0.15, 0.2) is 0 Å². The van der Waals surface area contributed by atoms with Gasteiger partial charge < -0.3 is 19.4 Å². The van der Waals surface area contributed by atoms with Crippen LogP contribution < -0.4 is 9.64 Å². The molecule has 2 aromatic rings. The normalized spacial score (nSPS) is 14.7. The molecule has 1 fully saturated rings. The molecule has 33 heavy (non-hydrogen) atoms. The van der Waals surface area contributed by atoms with Crippen molar-refractivity contribution < 1.29 is 14.3 Å². The molecule has 0 atom stereocenters. The lowest BCUT2D eigenvalue weighted by atomic mass is 10.0. The molecule has 1 amide bonds. The van der Waals surface area contributed by atoms with Gasteiger partial charge in [-0.05, 0) is 76.1 Å². The first-order chi connectivity index (χ1) is 16.0. The van der Waals surface area contributed by atoms with Gasteiger partial charge in [0.25, 0.3) is 5.91 Å². The number of benzene rings is 2. The van der Waals surface area contributed by atoms with Crippen molar-refractivity contribution in [2.45, 2.75) is 53.0 Å². The summed E-state index contributed by atoms with van der Waals surface area (Å²) in [4.78, 5) is 30.9. The van der Waals surface area contributed by atoms with Crippen LogP contribution >= 0.6 is 0 Å². The van der Waals surface area contributed by atoms with E-state index in [1.54, 1.807) is 6.07 Å². The first-order valence-electron chi connectivity index (χ1n) is 12.2. The standard InChI is InChI=1S/C27H37N3O3/c1-5-17-28-18-15-24(16-19-28)30(25-9-8-10-26(20-25)33-21(4)31)23-13-11-22(12-14-23)27(32)29(6-2)7-3/h8-14,20,24H,5-7,15-19H2,1-4H3. The van der Waals surface area contributed by atoms with Crippen LogP contribution in [0.1, 0.15) is 57.3 Å². The van der Waals surface area contributed by atoms with E-state index in [-0.39, 0.29) is 11.9 Å². The molecule has 0 spiro atoms. The zero-order chi connectivity index (χ0) is 23.8. The van der Waals surface area contributed by atoms with Crippen LogP contribution in [0.5, 0.6) is 5.75 Å². The molecule has 1 aliphatic rings. The highest BCUT2D eigenvalue weighted by molar-refractivity contribution is 5.94. The Labute approximate surface area is 198 Å². The predicted octanol–water partition coefficient (Wildman–Crippen LogP) is 5.11. The summed E-state index contributed by atoms with van der Waals surface area (Å²) in [5.41, 5.74) is 2.74. The smallest absolute Gasteiger partial charge is 0.308 e. The fraction of sp³-hybridized carbons (Fsp3) is 0.481. The van der Waals surface area contributed by atoms with Gasteiger partial charge in [0.2, 0.25) is 0 Å². The number of rotatable bonds is 9. The van der Waals surface area contributed by atoms with Crippen molar-refractivity contribution in [1.82, 2.24) is 9.80 Å². The maximum absolute atomic E-state index is 12.8. The highest BCUT2D eigenvalue weighted by Gasteiger charge is 2.26. The van der Waals surface area contributed by atoms with Crippen LogP contribution in [0, 0.1) is 0 Å². The molecule has 0 saturated carbocycles. The second-order valence-electron chi connectivity index (χ2n) is 8.56. The number of nitrogens with zero attached hydrogens (tertiary/aromatic N) is 3. The summed E-state index contributed by atoms with van der Waals surface area (Å²) in [6.07, 6.45) is 3.27. The lowest BCUT2D eigenvalue weighted by Gasteiger charge is -2.40. The van der Waals surface area contributed by atoms with E-state index in [1.807, 2.05) is 55.1 Å². The van der Waals surface area contributed by atoms with Gasteiger partial charge in [-0.25, -0.2) is 0 Å². The van der Waals surface area contributed by atoms with Crippen molar-refractivity contribution in [2.75, 3.05) is 37.6 Å². The highest BCUT2D eigenvalue weighted by Crippen LogP contribution is 2.34. The van der Waals surface area contributed by atoms with E-state index in [0.717, 1.165) is 43.9 Å². The average molecular weight is 452 g/mol. The van der Waals surface area contributed by atoms with Gasteiger partial charge in [-0.1, -0.05) is 13.0 Å². The predicted molar refractivity (Wildman–Crippen MR) is 133 cm³/mol. The first-order valence-corrected chi connectivity index (χ1v) is 12.2. The van der Waals surface area contributed by atoms with E-state index in [0.29, 0.717) is 30.4 Å². The number of piperidine rings is 1. The molecule has 0 unspecified atom stereocenters. The summed E-state index contributed by atoms with van der Waals surface area (Å²) < 4.78 is 5.35. The van der Waals surface area contributed by atoms with Crippen molar-refractivity contribution in [1.29, 1.82) is 0 Å². The SMILES string of the molecule is CCCN1CCC(N(c2ccc(C(=O)N(CC)CC)cc2)c2cccc(OC(C)=O)c2)CC1. The molecule has 2 aromatic carbocycles. The fourth-order valence-electron chi connectivity index (χ4n) is 4.61. The van der Waals surface area contributed by atoms with Crippen molar-refractivity contribution in [3.63, 3.8) is 0 Å². The van der Waals surface area contributed by atoms with Gasteiger partial charge in [-0.3, -0.25) is 9.59 Å². The van der Waals surface area contributed by atoms with Crippen LogP contribution in [0.15, 0.2) is 48.5 Å². The minimum atomic E-state index is -0.328. The molecule has 0 bridgehead atoms. The third kappa shape index (κ3) is 6.35. The van der Waals surface area contributed by atoms with Crippen molar-refractivity contribution in [2.24, 2.45) is 0 Å². The summed E-state index contributed by atoms with van der Waals surface area (Å²) in [5.74, 6) is 0.274. The quantitative estimate of drug-likeness (QED) is 0.392. The number of ether oxygens (including phenoxy) is 1. The van der Waals surface area contributed by atoms with Gasteiger partial charge in [0.1, 0.15) is 5.75 Å². The van der Waals surface area contributed by atoms with Gasteiger partial charge in [-0.2, -0.15) is 0 Å². The molecule has 1 heterocycles. The molecule has 0 aromatic heterocycles. The lowest BCUT2D eigenvalue weighted by molar-refractivity contribution is -0.131. The Bertz CT molecular complexity index is 916. The second-order valence-corrected chi connectivity index (χ2v) is 8.56. The third-order valence-electron chi connectivity index (χ3n) is 6.26. The Balaban J connectivity index is 1.91. The summed E-state index contributed by atoms with van der Waals surface area (Å²) in [5, 5.41) is 0. The second kappa shape index (κ2) is 11.8. The number of esters is 1. The number of amides is 1. The highest BCUT2D eigenvalue weighted by atomic mass is 16.5. The van der Waals surface area contributed by atoms with E-state index in [1.165, 1.54) is 13.3 Å². The molecular weight excluding hydrogens is 414 g/mol. The Morgan fingerprint density at radius 2 is 1.64 bits per heavy atom. The molecule has 0 N–H and O–H groups in total. The van der Waals surface area contributed by atoms with Crippen LogP contribution in [-0.4, -0.2) is 60.4 Å². The summed E-state index contributed by atoms with van der Waals surface area (Å²) in [6, 6.07) is 16.0. The van der Waals surface area contributed by atoms with Crippen LogP contribution in [0.25, 0.3) is 0 Å². The average Bonchev–Trinajstić information content (AvgIpc) is 2.81. The monoisotopic (exact) mass is 451 g/mol. The molecule has 178 valence electrons. The molecular formula is C27H37N3O3. The van der Waals surface area contributed by atoms with Crippen LogP contribution in [-0.2, 0) is 4.79 Å². The van der Waals surface area contributed by atoms with E-state index in [2.05, 4.69) is 22.8 Å². The molecule has 1 saturated heterocycles. The molecule has 1 aliphatic heterocycles. The van der Waals surface area contributed by atoms with E-state index in [4.69, 9.17) is 4.74 Å². The lowest BCUT2D eigenvalue weighted by Crippen LogP contribution is -2.43. The van der Waals surface area contributed by atoms with Gasteiger partial charge in [0.05, 0.1) is 0 Å². The Kier molecular flexibility index (Phi) is 8.89. The van der Waals surface area contributed by atoms with Crippen molar-refractivity contribution in [3.8, 4) is 5.75 Å². The molecule has 0 radical (unpaired) electrons. The number of hydrogen-bond acceptors (Lipinski definition) is 5. The maximum Gasteiger partial charge on any atom is 0.308 e. The Morgan fingerprint density at radius 1 is 0.970 bits per heavy atom. The molecule has 0 aliphatic carbocycles. The van der Waals surface area contributed by atoms with Crippen LogP contribution in [0.4, 0.5) is 11.4 Å². The number of carbonyl (C=O) groups excluding carboxylic acids is 2. The minimum Gasteiger partial charge on any atom is -0.427 e. The maximum atomic E-state index is 12.8. The van der Waals surface area contributed by atoms with Crippen molar-refractivity contribution in [3.05, 3.63) is 54.1 Å². The Hall–Kier alpha value is -2.86. The Morgan fingerprint density at radius 3 is 2.21 bits per heavy atom. The number of hydrogen-bond donors (Lipinski definition) is 0. The molecule has 3 rings (SSSR count). The molecule has 6 nitrogen and oxygen atoms in total. The summed E-state index contributed by atoms with van der Waals surface area (Å²) in [6.45, 7) is 12.3. The number of carbonyl (C=O) groups is 2. The van der Waals surface area contributed by atoms with Crippen molar-refractivity contribution >= 4 is 23.3 Å². The van der Waals surface area contributed by atoms with E-state index in [9.17, 15) is 9.59 Å². The number of anilines is 2. The number of likely N-dealkylation sites (tertiary alicyclic amines) is 1. The molecule has 6 heteroatoms.